The molecule has 1 aromatic carbocycles. The third-order valence-electron chi connectivity index (χ3n) is 5.01. The average molecular weight is 289 g/mol. The van der Waals surface area contributed by atoms with Gasteiger partial charge in [0.2, 0.25) is 0 Å². The second-order valence-corrected chi connectivity index (χ2v) is 6.74. The summed E-state index contributed by atoms with van der Waals surface area (Å²) in [4.78, 5) is 2.60. The second kappa shape index (κ2) is 6.27. The number of methoxy groups -OCH3 is 1. The maximum Gasteiger partial charge on any atom is 0.161 e. The zero-order valence-corrected chi connectivity index (χ0v) is 13.5. The Morgan fingerprint density at radius 2 is 2.10 bits per heavy atom. The number of ether oxygens (including phenoxy) is 2. The topological polar surface area (TPSA) is 21.7 Å². The number of likely N-dealkylation sites (tertiary alicyclic amines) is 1. The van der Waals surface area contributed by atoms with Gasteiger partial charge in [0.1, 0.15) is 6.61 Å². The molecule has 2 fully saturated rings. The Hall–Kier alpha value is -1.22. The number of nitrogens with zero attached hydrogens (tertiary/aromatic N) is 1. The molecule has 2 bridgehead atoms. The first-order valence-corrected chi connectivity index (χ1v) is 8.22. The SMILES string of the molecule is COc1cc(C(C)C)ccc1OCCN1CC2CCC1C2. The van der Waals surface area contributed by atoms with Crippen molar-refractivity contribution in [1.29, 1.82) is 0 Å². The second-order valence-electron chi connectivity index (χ2n) is 6.74. The third-order valence-corrected chi connectivity index (χ3v) is 5.01. The minimum atomic E-state index is 0.507. The Labute approximate surface area is 128 Å². The van der Waals surface area contributed by atoms with Crippen molar-refractivity contribution in [3.8, 4) is 11.5 Å². The summed E-state index contributed by atoms with van der Waals surface area (Å²) in [6, 6.07) is 7.10. The molecule has 0 radical (unpaired) electrons. The average Bonchev–Trinajstić information content (AvgIpc) is 3.10. The van der Waals surface area contributed by atoms with E-state index in [9.17, 15) is 0 Å². The molecule has 21 heavy (non-hydrogen) atoms. The van der Waals surface area contributed by atoms with Crippen LogP contribution in [0.25, 0.3) is 0 Å². The van der Waals surface area contributed by atoms with Crippen LogP contribution in [0.4, 0.5) is 0 Å². The van der Waals surface area contributed by atoms with Gasteiger partial charge in [0.05, 0.1) is 7.11 Å². The summed E-state index contributed by atoms with van der Waals surface area (Å²) in [7, 11) is 1.71. The highest BCUT2D eigenvalue weighted by Gasteiger charge is 2.37. The van der Waals surface area contributed by atoms with Crippen LogP contribution in [0.15, 0.2) is 18.2 Å². The molecule has 0 N–H and O–H groups in total. The molecule has 1 saturated carbocycles. The van der Waals surface area contributed by atoms with E-state index >= 15 is 0 Å². The van der Waals surface area contributed by atoms with Crippen LogP contribution in [-0.4, -0.2) is 37.7 Å². The molecule has 2 aliphatic rings. The summed E-state index contributed by atoms with van der Waals surface area (Å²) >= 11 is 0. The Morgan fingerprint density at radius 3 is 2.71 bits per heavy atom. The van der Waals surface area contributed by atoms with Gasteiger partial charge in [-0.25, -0.2) is 0 Å². The number of benzene rings is 1. The Bertz CT molecular complexity index is 486. The minimum absolute atomic E-state index is 0.507. The summed E-state index contributed by atoms with van der Waals surface area (Å²) < 4.78 is 11.4. The van der Waals surface area contributed by atoms with Crippen molar-refractivity contribution in [3.05, 3.63) is 23.8 Å². The molecule has 1 aliphatic carbocycles. The van der Waals surface area contributed by atoms with Crippen molar-refractivity contribution < 1.29 is 9.47 Å². The van der Waals surface area contributed by atoms with Crippen LogP contribution in [0.1, 0.15) is 44.6 Å². The lowest BCUT2D eigenvalue weighted by atomic mass is 10.0. The van der Waals surface area contributed by atoms with Crippen molar-refractivity contribution >= 4 is 0 Å². The lowest BCUT2D eigenvalue weighted by Crippen LogP contribution is -2.35. The first kappa shape index (κ1) is 14.7. The minimum Gasteiger partial charge on any atom is -0.493 e. The third kappa shape index (κ3) is 3.18. The van der Waals surface area contributed by atoms with Gasteiger partial charge in [-0.05, 0) is 48.8 Å². The molecule has 1 aromatic rings. The molecular weight excluding hydrogens is 262 g/mol. The molecule has 0 aromatic heterocycles. The fourth-order valence-electron chi connectivity index (χ4n) is 3.74. The van der Waals surface area contributed by atoms with E-state index < -0.39 is 0 Å². The van der Waals surface area contributed by atoms with Crippen LogP contribution >= 0.6 is 0 Å². The van der Waals surface area contributed by atoms with E-state index in [1.807, 2.05) is 6.07 Å². The highest BCUT2D eigenvalue weighted by molar-refractivity contribution is 5.43. The van der Waals surface area contributed by atoms with E-state index in [0.29, 0.717) is 5.92 Å². The Kier molecular flexibility index (Phi) is 4.39. The van der Waals surface area contributed by atoms with E-state index in [0.717, 1.165) is 36.6 Å². The molecular formula is C18H27NO2. The zero-order valence-electron chi connectivity index (χ0n) is 13.5. The van der Waals surface area contributed by atoms with Gasteiger partial charge < -0.3 is 9.47 Å². The highest BCUT2D eigenvalue weighted by Crippen LogP contribution is 2.37. The Balaban J connectivity index is 1.55. The molecule has 0 amide bonds. The monoisotopic (exact) mass is 289 g/mol. The van der Waals surface area contributed by atoms with Gasteiger partial charge in [0.15, 0.2) is 11.5 Å². The fraction of sp³-hybridized carbons (Fsp3) is 0.667. The standard InChI is InChI=1S/C18H27NO2/c1-13(2)15-5-7-17(18(11-15)20-3)21-9-8-19-12-14-4-6-16(19)10-14/h5,7,11,13-14,16H,4,6,8-10,12H2,1-3H3. The lowest BCUT2D eigenvalue weighted by Gasteiger charge is -2.26. The van der Waals surface area contributed by atoms with E-state index in [-0.39, 0.29) is 0 Å². The van der Waals surface area contributed by atoms with Crippen molar-refractivity contribution in [1.82, 2.24) is 4.90 Å². The van der Waals surface area contributed by atoms with Gasteiger partial charge in [-0.3, -0.25) is 4.90 Å². The van der Waals surface area contributed by atoms with E-state index in [2.05, 4.69) is 30.9 Å². The Morgan fingerprint density at radius 1 is 1.24 bits per heavy atom. The number of fused-ring (bicyclic) bond motifs is 2. The summed E-state index contributed by atoms with van der Waals surface area (Å²) in [5.74, 6) is 3.18. The maximum absolute atomic E-state index is 5.97. The summed E-state index contributed by atoms with van der Waals surface area (Å²) in [6.45, 7) is 7.45. The van der Waals surface area contributed by atoms with Crippen LogP contribution in [0.5, 0.6) is 11.5 Å². The molecule has 3 nitrogen and oxygen atoms in total. The molecule has 3 rings (SSSR count). The molecule has 1 aliphatic heterocycles. The van der Waals surface area contributed by atoms with Gasteiger partial charge in [0.25, 0.3) is 0 Å². The summed E-state index contributed by atoms with van der Waals surface area (Å²) in [5.41, 5.74) is 1.29. The van der Waals surface area contributed by atoms with Gasteiger partial charge in [0, 0.05) is 19.1 Å². The quantitative estimate of drug-likeness (QED) is 0.797. The number of hydrogen-bond donors (Lipinski definition) is 0. The molecule has 2 atom stereocenters. The van der Waals surface area contributed by atoms with Gasteiger partial charge in [-0.2, -0.15) is 0 Å². The van der Waals surface area contributed by atoms with Crippen LogP contribution < -0.4 is 9.47 Å². The molecule has 1 saturated heterocycles. The highest BCUT2D eigenvalue weighted by atomic mass is 16.5. The normalized spacial score (nSPS) is 24.8. The van der Waals surface area contributed by atoms with Crippen molar-refractivity contribution in [2.45, 2.75) is 45.1 Å². The zero-order chi connectivity index (χ0) is 14.8. The number of rotatable bonds is 6. The molecule has 3 heteroatoms. The summed E-state index contributed by atoms with van der Waals surface area (Å²) in [5, 5.41) is 0. The summed E-state index contributed by atoms with van der Waals surface area (Å²) in [6.07, 6.45) is 4.23. The van der Waals surface area contributed by atoms with Crippen LogP contribution in [0.3, 0.4) is 0 Å². The van der Waals surface area contributed by atoms with Gasteiger partial charge >= 0.3 is 0 Å². The van der Waals surface area contributed by atoms with Crippen LogP contribution in [0.2, 0.25) is 0 Å². The first-order chi connectivity index (χ1) is 10.2. The predicted octanol–water partition coefficient (Wildman–Crippen LogP) is 3.68. The molecule has 1 heterocycles. The van der Waals surface area contributed by atoms with Crippen LogP contribution in [0, 0.1) is 5.92 Å². The van der Waals surface area contributed by atoms with E-state index in [1.54, 1.807) is 7.11 Å². The van der Waals surface area contributed by atoms with Gasteiger partial charge in [-0.15, -0.1) is 0 Å². The smallest absolute Gasteiger partial charge is 0.161 e. The largest absolute Gasteiger partial charge is 0.493 e. The fourth-order valence-corrected chi connectivity index (χ4v) is 3.74. The van der Waals surface area contributed by atoms with Crippen LogP contribution in [-0.2, 0) is 0 Å². The maximum atomic E-state index is 5.97. The van der Waals surface area contributed by atoms with E-state index in [4.69, 9.17) is 9.47 Å². The van der Waals surface area contributed by atoms with Crippen molar-refractivity contribution in [2.75, 3.05) is 26.8 Å². The number of piperidine rings is 1. The molecule has 0 spiro atoms. The lowest BCUT2D eigenvalue weighted by molar-refractivity contribution is 0.170. The number of hydrogen-bond acceptors (Lipinski definition) is 3. The van der Waals surface area contributed by atoms with E-state index in [1.165, 1.54) is 31.4 Å². The molecule has 116 valence electrons. The van der Waals surface area contributed by atoms with Crippen molar-refractivity contribution in [3.63, 3.8) is 0 Å². The predicted molar refractivity (Wildman–Crippen MR) is 85.3 cm³/mol. The first-order valence-electron chi connectivity index (χ1n) is 8.22. The van der Waals surface area contributed by atoms with Gasteiger partial charge in [-0.1, -0.05) is 19.9 Å². The molecule has 2 unspecified atom stereocenters. The van der Waals surface area contributed by atoms with Crippen molar-refractivity contribution in [2.24, 2.45) is 5.92 Å².